The highest BCUT2D eigenvalue weighted by atomic mass is 32.2. The Morgan fingerprint density at radius 2 is 1.64 bits per heavy atom. The average molecular weight is 394 g/mol. The van der Waals surface area contributed by atoms with Gasteiger partial charge in [0.25, 0.3) is 16.0 Å². The Kier molecular flexibility index (Phi) is 4.21. The van der Waals surface area contributed by atoms with E-state index in [1.807, 2.05) is 0 Å². The van der Waals surface area contributed by atoms with Crippen LogP contribution in [-0.2, 0) is 10.1 Å². The molecule has 0 aliphatic rings. The van der Waals surface area contributed by atoms with E-state index in [4.69, 9.17) is 4.55 Å². The molecule has 140 valence electrons. The van der Waals surface area contributed by atoms with Gasteiger partial charge in [-0.1, -0.05) is 18.2 Å². The highest BCUT2D eigenvalue weighted by molar-refractivity contribution is 7.85. The zero-order valence-corrected chi connectivity index (χ0v) is 15.2. The minimum Gasteiger partial charge on any atom is -0.508 e. The molecule has 0 spiro atoms. The molecule has 0 radical (unpaired) electrons. The molecule has 4 aromatic rings. The summed E-state index contributed by atoms with van der Waals surface area (Å²) in [5.74, 6) is -0.107. The number of carbonyl (C=O) groups excluding carboxylic acids is 1. The Morgan fingerprint density at radius 1 is 0.929 bits per heavy atom. The second-order valence-corrected chi connectivity index (χ2v) is 7.54. The number of hydrogen-bond acceptors (Lipinski definition) is 5. The van der Waals surface area contributed by atoms with Crippen molar-refractivity contribution in [3.63, 3.8) is 0 Å². The Balaban J connectivity index is 1.92. The normalized spacial score (nSPS) is 11.6. The van der Waals surface area contributed by atoms with Crippen LogP contribution in [0.15, 0.2) is 77.7 Å². The van der Waals surface area contributed by atoms with Crippen LogP contribution in [0.2, 0.25) is 0 Å². The largest absolute Gasteiger partial charge is 0.508 e. The number of aromatic nitrogens is 2. The summed E-state index contributed by atoms with van der Waals surface area (Å²) < 4.78 is 33.1. The van der Waals surface area contributed by atoms with Gasteiger partial charge in [0.05, 0.1) is 15.9 Å². The second kappa shape index (κ2) is 6.59. The van der Waals surface area contributed by atoms with Gasteiger partial charge in [-0.05, 0) is 54.6 Å². The van der Waals surface area contributed by atoms with Crippen molar-refractivity contribution in [3.8, 4) is 17.1 Å². The van der Waals surface area contributed by atoms with Crippen molar-refractivity contribution in [1.82, 2.24) is 9.55 Å². The van der Waals surface area contributed by atoms with Gasteiger partial charge in [0.2, 0.25) is 0 Å². The summed E-state index contributed by atoms with van der Waals surface area (Å²) >= 11 is 0. The average Bonchev–Trinajstić information content (AvgIpc) is 3.06. The molecule has 2 N–H and O–H groups in total. The number of rotatable bonds is 3. The van der Waals surface area contributed by atoms with Crippen LogP contribution < -0.4 is 0 Å². The Bertz CT molecular complexity index is 1310. The summed E-state index contributed by atoms with van der Waals surface area (Å²) in [5.41, 5.74) is 1.94. The van der Waals surface area contributed by atoms with E-state index in [1.165, 1.54) is 41.0 Å². The summed E-state index contributed by atoms with van der Waals surface area (Å²) in [6.45, 7) is 0. The molecule has 0 bridgehead atoms. The number of phenols is 1. The van der Waals surface area contributed by atoms with Crippen LogP contribution in [0.3, 0.4) is 0 Å². The van der Waals surface area contributed by atoms with Crippen molar-refractivity contribution in [3.05, 3.63) is 78.4 Å². The molecule has 7 nitrogen and oxygen atoms in total. The molecule has 0 unspecified atom stereocenters. The lowest BCUT2D eigenvalue weighted by Crippen LogP contribution is -2.13. The van der Waals surface area contributed by atoms with Crippen LogP contribution in [0.5, 0.6) is 5.75 Å². The van der Waals surface area contributed by atoms with Crippen molar-refractivity contribution < 1.29 is 22.9 Å². The van der Waals surface area contributed by atoms with E-state index in [9.17, 15) is 18.3 Å². The Labute approximate surface area is 160 Å². The molecule has 0 saturated carbocycles. The zero-order chi connectivity index (χ0) is 19.9. The van der Waals surface area contributed by atoms with Gasteiger partial charge in [0, 0.05) is 11.1 Å². The maximum atomic E-state index is 13.2. The number of phenolic OH excluding ortho intramolecular Hbond substituents is 1. The van der Waals surface area contributed by atoms with Gasteiger partial charge in [0.15, 0.2) is 0 Å². The topological polar surface area (TPSA) is 109 Å². The first-order chi connectivity index (χ1) is 13.3. The molecule has 0 aliphatic carbocycles. The second-order valence-electron chi connectivity index (χ2n) is 6.11. The van der Waals surface area contributed by atoms with Crippen LogP contribution in [0.25, 0.3) is 22.4 Å². The van der Waals surface area contributed by atoms with E-state index in [1.54, 1.807) is 36.4 Å². The first-order valence-electron chi connectivity index (χ1n) is 8.24. The number of benzene rings is 3. The Hall–Kier alpha value is -3.49. The van der Waals surface area contributed by atoms with E-state index < -0.39 is 16.0 Å². The maximum absolute atomic E-state index is 13.2. The lowest BCUT2D eigenvalue weighted by Gasteiger charge is -2.09. The third-order valence-corrected chi connectivity index (χ3v) is 5.14. The minimum absolute atomic E-state index is 0.0330. The monoisotopic (exact) mass is 394 g/mol. The molecular weight excluding hydrogens is 380 g/mol. The fraction of sp³-hybridized carbons (Fsp3) is 0. The molecule has 0 aliphatic heterocycles. The Morgan fingerprint density at radius 3 is 2.32 bits per heavy atom. The molecule has 1 heterocycles. The van der Waals surface area contributed by atoms with Crippen LogP contribution in [0.1, 0.15) is 10.4 Å². The van der Waals surface area contributed by atoms with Crippen molar-refractivity contribution in [2.45, 2.75) is 4.90 Å². The fourth-order valence-corrected chi connectivity index (χ4v) is 3.45. The van der Waals surface area contributed by atoms with E-state index in [2.05, 4.69) is 4.98 Å². The van der Waals surface area contributed by atoms with Crippen LogP contribution in [0, 0.1) is 0 Å². The molecule has 8 heteroatoms. The van der Waals surface area contributed by atoms with Crippen LogP contribution >= 0.6 is 0 Å². The predicted octanol–water partition coefficient (Wildman–Crippen LogP) is 3.34. The molecule has 3 aromatic carbocycles. The SMILES string of the molecule is O=C(c1cccc(O)c1)n1c(-c2ccc(S(=O)(=O)O)cc2)nc2ccccc21. The molecule has 1 aromatic heterocycles. The van der Waals surface area contributed by atoms with Crippen molar-refractivity contribution >= 4 is 27.1 Å². The molecule has 0 fully saturated rings. The van der Waals surface area contributed by atoms with Crippen molar-refractivity contribution in [2.75, 3.05) is 0 Å². The predicted molar refractivity (Wildman–Crippen MR) is 103 cm³/mol. The first kappa shape index (κ1) is 17.9. The van der Waals surface area contributed by atoms with Gasteiger partial charge in [-0.25, -0.2) is 4.98 Å². The van der Waals surface area contributed by atoms with Gasteiger partial charge < -0.3 is 5.11 Å². The quantitative estimate of drug-likeness (QED) is 0.516. The molecule has 4 rings (SSSR count). The maximum Gasteiger partial charge on any atom is 0.294 e. The summed E-state index contributed by atoms with van der Waals surface area (Å²) in [6.07, 6.45) is 0. The van der Waals surface area contributed by atoms with E-state index in [0.29, 0.717) is 22.4 Å². The number of aromatic hydroxyl groups is 1. The summed E-state index contributed by atoms with van der Waals surface area (Å²) in [6, 6.07) is 18.5. The summed E-state index contributed by atoms with van der Waals surface area (Å²) in [7, 11) is -4.32. The third kappa shape index (κ3) is 3.15. The van der Waals surface area contributed by atoms with Gasteiger partial charge in [-0.15, -0.1) is 0 Å². The summed E-state index contributed by atoms with van der Waals surface area (Å²) in [5, 5.41) is 9.71. The van der Waals surface area contributed by atoms with Gasteiger partial charge in [0.1, 0.15) is 11.6 Å². The highest BCUT2D eigenvalue weighted by Crippen LogP contribution is 2.27. The molecular formula is C20H14N2O5S. The molecule has 28 heavy (non-hydrogen) atoms. The number of nitrogens with zero attached hydrogens (tertiary/aromatic N) is 2. The fourth-order valence-electron chi connectivity index (χ4n) is 2.97. The van der Waals surface area contributed by atoms with E-state index >= 15 is 0 Å². The van der Waals surface area contributed by atoms with Crippen molar-refractivity contribution in [1.29, 1.82) is 0 Å². The van der Waals surface area contributed by atoms with Crippen LogP contribution in [-0.4, -0.2) is 33.5 Å². The lowest BCUT2D eigenvalue weighted by molar-refractivity contribution is 0.0966. The van der Waals surface area contributed by atoms with Crippen LogP contribution in [0.4, 0.5) is 0 Å². The van der Waals surface area contributed by atoms with Gasteiger partial charge in [-0.2, -0.15) is 8.42 Å². The molecule has 0 amide bonds. The number of hydrogen-bond donors (Lipinski definition) is 2. The van der Waals surface area contributed by atoms with E-state index in [0.717, 1.165) is 0 Å². The smallest absolute Gasteiger partial charge is 0.294 e. The van der Waals surface area contributed by atoms with Gasteiger partial charge in [-0.3, -0.25) is 13.9 Å². The summed E-state index contributed by atoms with van der Waals surface area (Å²) in [4.78, 5) is 17.4. The minimum atomic E-state index is -4.32. The number of imidazole rings is 1. The number of fused-ring (bicyclic) bond motifs is 1. The van der Waals surface area contributed by atoms with Crippen molar-refractivity contribution in [2.24, 2.45) is 0 Å². The molecule has 0 saturated heterocycles. The molecule has 0 atom stereocenters. The first-order valence-corrected chi connectivity index (χ1v) is 9.68. The van der Waals surface area contributed by atoms with Gasteiger partial charge >= 0.3 is 0 Å². The standard InChI is InChI=1S/C20H14N2O5S/c23-15-5-3-4-14(12-15)20(24)22-18-7-2-1-6-17(18)21-19(22)13-8-10-16(11-9-13)28(25,26)27/h1-12,23H,(H,25,26,27). The third-order valence-electron chi connectivity index (χ3n) is 4.27. The van der Waals surface area contributed by atoms with E-state index in [-0.39, 0.29) is 16.2 Å². The number of para-hydroxylation sites is 2. The zero-order valence-electron chi connectivity index (χ0n) is 14.4. The highest BCUT2D eigenvalue weighted by Gasteiger charge is 2.20. The number of carbonyl (C=O) groups is 1. The lowest BCUT2D eigenvalue weighted by atomic mass is 10.1.